The van der Waals surface area contributed by atoms with Crippen molar-refractivity contribution >= 4 is 51.3 Å². The molecule has 0 unspecified atom stereocenters. The number of rotatable bonds is 3. The van der Waals surface area contributed by atoms with E-state index in [1.165, 1.54) is 0 Å². The number of amides is 1. The molecule has 1 saturated carbocycles. The largest absolute Gasteiger partial charge is 0.383 e. The monoisotopic (exact) mass is 487 g/mol. The summed E-state index contributed by atoms with van der Waals surface area (Å²) in [6.45, 7) is 8.24. The zero-order chi connectivity index (χ0) is 24.7. The lowest BCUT2D eigenvalue weighted by atomic mass is 9.65. The zero-order valence-electron chi connectivity index (χ0n) is 20.3. The maximum absolute atomic E-state index is 13.1. The van der Waals surface area contributed by atoms with E-state index in [9.17, 15) is 10.1 Å². The fourth-order valence-corrected chi connectivity index (χ4v) is 7.69. The average molecular weight is 488 g/mol. The normalized spacial score (nSPS) is 24.7. The van der Waals surface area contributed by atoms with Crippen LogP contribution in [-0.2, 0) is 17.8 Å². The van der Waals surface area contributed by atoms with Gasteiger partial charge >= 0.3 is 0 Å². The number of thiophene rings is 1. The van der Waals surface area contributed by atoms with E-state index in [-0.39, 0.29) is 34.8 Å². The van der Waals surface area contributed by atoms with Crippen molar-refractivity contribution in [2.24, 2.45) is 10.8 Å². The molecular formula is C26H29N7OS. The maximum atomic E-state index is 13.1. The molecule has 3 aliphatic rings. The van der Waals surface area contributed by atoms with Crippen LogP contribution in [0.1, 0.15) is 56.0 Å². The Hall–Kier alpha value is -3.38. The van der Waals surface area contributed by atoms with Gasteiger partial charge in [0.25, 0.3) is 0 Å². The summed E-state index contributed by atoms with van der Waals surface area (Å²) < 4.78 is 0. The van der Waals surface area contributed by atoms with Gasteiger partial charge in [0.2, 0.25) is 5.91 Å². The van der Waals surface area contributed by atoms with Crippen LogP contribution in [0.15, 0.2) is 17.5 Å². The summed E-state index contributed by atoms with van der Waals surface area (Å²) in [7, 11) is 0. The van der Waals surface area contributed by atoms with Crippen LogP contribution in [0.2, 0.25) is 0 Å². The highest BCUT2D eigenvalue weighted by molar-refractivity contribution is 7.09. The Labute approximate surface area is 208 Å². The van der Waals surface area contributed by atoms with Crippen LogP contribution >= 0.6 is 11.3 Å². The Morgan fingerprint density at radius 1 is 1.17 bits per heavy atom. The van der Waals surface area contributed by atoms with Gasteiger partial charge in [0.15, 0.2) is 0 Å². The van der Waals surface area contributed by atoms with Crippen molar-refractivity contribution in [2.75, 3.05) is 27.8 Å². The molecular weight excluding hydrogens is 458 g/mol. The summed E-state index contributed by atoms with van der Waals surface area (Å²) in [6.07, 6.45) is 3.41. The van der Waals surface area contributed by atoms with Gasteiger partial charge in [0, 0.05) is 28.4 Å². The van der Waals surface area contributed by atoms with Crippen LogP contribution in [0.25, 0.3) is 10.8 Å². The summed E-state index contributed by atoms with van der Waals surface area (Å²) in [4.78, 5) is 27.4. The van der Waals surface area contributed by atoms with Crippen molar-refractivity contribution in [3.8, 4) is 6.07 Å². The van der Waals surface area contributed by atoms with Gasteiger partial charge in [-0.2, -0.15) is 5.26 Å². The number of aromatic nitrogens is 2. The molecule has 3 aromatic heterocycles. The standard InChI is InChI=1S/C26H29N7OS/c1-25(2)8-14-9-26(3,12-25)13-33(14)24-17(10-27)19-16-7-18(34)32(11-15-5-4-6-35-15)23(16)30-21(28)20(19)22(29)31-24/h4-6,14H,7-9,11-13H2,1-3H3,(H2,28,30)(H2,29,31)/t14-,26+/m0/s1. The molecule has 1 saturated heterocycles. The summed E-state index contributed by atoms with van der Waals surface area (Å²) in [5.74, 6) is 1.54. The van der Waals surface area contributed by atoms with Gasteiger partial charge in [-0.15, -0.1) is 11.3 Å². The van der Waals surface area contributed by atoms with Crippen molar-refractivity contribution in [3.63, 3.8) is 0 Å². The van der Waals surface area contributed by atoms with Crippen LogP contribution in [0.3, 0.4) is 0 Å². The number of nitrogens with two attached hydrogens (primary N) is 2. The fraction of sp³-hybridized carbons (Fsp3) is 0.462. The fourth-order valence-electron chi connectivity index (χ4n) is 7.00. The van der Waals surface area contributed by atoms with E-state index in [2.05, 4.69) is 36.7 Å². The van der Waals surface area contributed by atoms with E-state index in [4.69, 9.17) is 16.5 Å². The number of nitriles is 1. The van der Waals surface area contributed by atoms with Crippen LogP contribution in [0.4, 0.5) is 23.3 Å². The number of nitrogen functional groups attached to an aromatic ring is 2. The van der Waals surface area contributed by atoms with Gasteiger partial charge < -0.3 is 16.4 Å². The minimum absolute atomic E-state index is 0.0556. The second-order valence-electron chi connectivity index (χ2n) is 11.4. The lowest BCUT2D eigenvalue weighted by molar-refractivity contribution is -0.117. The molecule has 0 spiro atoms. The van der Waals surface area contributed by atoms with Crippen LogP contribution in [-0.4, -0.2) is 28.5 Å². The third kappa shape index (κ3) is 3.34. The molecule has 0 aromatic carbocycles. The number of anilines is 4. The highest BCUT2D eigenvalue weighted by atomic mass is 32.1. The molecule has 1 amide bonds. The molecule has 2 bridgehead atoms. The molecule has 3 aromatic rings. The van der Waals surface area contributed by atoms with E-state index in [1.807, 2.05) is 17.5 Å². The number of nitrogens with zero attached hydrogens (tertiary/aromatic N) is 5. The number of hydrogen-bond donors (Lipinski definition) is 2. The van der Waals surface area contributed by atoms with Crippen molar-refractivity contribution in [3.05, 3.63) is 33.5 Å². The highest BCUT2D eigenvalue weighted by Gasteiger charge is 2.50. The Kier molecular flexibility index (Phi) is 4.62. The molecule has 6 rings (SSSR count). The molecule has 2 aliphatic heterocycles. The number of pyridine rings is 2. The van der Waals surface area contributed by atoms with Crippen LogP contribution in [0, 0.1) is 22.2 Å². The first kappa shape index (κ1) is 22.1. The molecule has 2 atom stereocenters. The molecule has 4 N–H and O–H groups in total. The van der Waals surface area contributed by atoms with Gasteiger partial charge in [-0.25, -0.2) is 9.97 Å². The lowest BCUT2D eigenvalue weighted by Crippen LogP contribution is -2.35. The van der Waals surface area contributed by atoms with E-state index >= 15 is 0 Å². The minimum atomic E-state index is -0.0556. The third-order valence-electron chi connectivity index (χ3n) is 7.84. The minimum Gasteiger partial charge on any atom is -0.383 e. The van der Waals surface area contributed by atoms with E-state index in [1.54, 1.807) is 16.2 Å². The molecule has 1 aliphatic carbocycles. The summed E-state index contributed by atoms with van der Waals surface area (Å²) in [5.41, 5.74) is 14.4. The second kappa shape index (κ2) is 7.31. The second-order valence-corrected chi connectivity index (χ2v) is 12.5. The molecule has 35 heavy (non-hydrogen) atoms. The average Bonchev–Trinajstić information content (AvgIpc) is 3.45. The first-order chi connectivity index (χ1) is 16.6. The Morgan fingerprint density at radius 3 is 2.60 bits per heavy atom. The quantitative estimate of drug-likeness (QED) is 0.566. The molecule has 8 nitrogen and oxygen atoms in total. The SMILES string of the molecule is CC1(C)C[C@H]2C[C@@](C)(CN2c2nc(N)c3c(N)nc4c(c3c2C#N)CC(=O)N4Cc2cccs2)C1. The first-order valence-electron chi connectivity index (χ1n) is 12.0. The van der Waals surface area contributed by atoms with Gasteiger partial charge in [-0.1, -0.05) is 26.8 Å². The number of hydrogen-bond acceptors (Lipinski definition) is 8. The maximum Gasteiger partial charge on any atom is 0.233 e. The molecule has 5 heterocycles. The van der Waals surface area contributed by atoms with Crippen molar-refractivity contribution < 1.29 is 4.79 Å². The van der Waals surface area contributed by atoms with Crippen molar-refractivity contribution in [1.82, 2.24) is 9.97 Å². The Morgan fingerprint density at radius 2 is 1.91 bits per heavy atom. The molecule has 9 heteroatoms. The van der Waals surface area contributed by atoms with E-state index < -0.39 is 0 Å². The number of fused-ring (bicyclic) bond motifs is 5. The predicted molar refractivity (Wildman–Crippen MR) is 139 cm³/mol. The topological polar surface area (TPSA) is 125 Å². The summed E-state index contributed by atoms with van der Waals surface area (Å²) >= 11 is 1.59. The summed E-state index contributed by atoms with van der Waals surface area (Å²) in [5, 5.41) is 13.5. The lowest BCUT2D eigenvalue weighted by Gasteiger charge is -2.39. The van der Waals surface area contributed by atoms with E-state index in [0.717, 1.165) is 36.2 Å². The number of carbonyl (C=O) groups excluding carboxylic acids is 1. The molecule has 0 radical (unpaired) electrons. The van der Waals surface area contributed by atoms with Gasteiger partial charge in [0.05, 0.1) is 18.4 Å². The Balaban J connectivity index is 1.54. The van der Waals surface area contributed by atoms with Crippen molar-refractivity contribution in [2.45, 2.75) is 59.0 Å². The molecule has 2 fully saturated rings. The van der Waals surface area contributed by atoms with Gasteiger partial charge in [-0.05, 0) is 41.5 Å². The van der Waals surface area contributed by atoms with Crippen LogP contribution in [0.5, 0.6) is 0 Å². The number of carbonyl (C=O) groups is 1. The Bertz CT molecular complexity index is 1420. The van der Waals surface area contributed by atoms with Crippen molar-refractivity contribution in [1.29, 1.82) is 5.26 Å². The van der Waals surface area contributed by atoms with E-state index in [0.29, 0.717) is 40.6 Å². The van der Waals surface area contributed by atoms with Gasteiger partial charge in [0.1, 0.15) is 34.9 Å². The zero-order valence-corrected chi connectivity index (χ0v) is 21.1. The third-order valence-corrected chi connectivity index (χ3v) is 8.70. The summed E-state index contributed by atoms with van der Waals surface area (Å²) in [6, 6.07) is 6.67. The van der Waals surface area contributed by atoms with Crippen LogP contribution < -0.4 is 21.3 Å². The molecule has 180 valence electrons. The highest BCUT2D eigenvalue weighted by Crippen LogP contribution is 2.54. The predicted octanol–water partition coefficient (Wildman–Crippen LogP) is 4.22. The smallest absolute Gasteiger partial charge is 0.233 e. The first-order valence-corrected chi connectivity index (χ1v) is 12.9. The van der Waals surface area contributed by atoms with Gasteiger partial charge in [-0.3, -0.25) is 9.69 Å².